The van der Waals surface area contributed by atoms with Crippen LogP contribution >= 0.6 is 0 Å². The lowest BCUT2D eigenvalue weighted by Gasteiger charge is -2.09. The van der Waals surface area contributed by atoms with Crippen molar-refractivity contribution in [1.29, 1.82) is 0 Å². The standard InChI is InChI=1S/C13H15N3O4/c1-4-20-13(17)12-11(14-16-15-12)9-6-5-8(18-2)7-10(9)19-3/h5-7H,4H2,1-3H3,(H,14,15,16). The Balaban J connectivity index is 2.47. The highest BCUT2D eigenvalue weighted by atomic mass is 16.5. The predicted molar refractivity (Wildman–Crippen MR) is 70.9 cm³/mol. The normalized spacial score (nSPS) is 10.2. The third-order valence-corrected chi connectivity index (χ3v) is 2.68. The van der Waals surface area contributed by atoms with Crippen molar-refractivity contribution < 1.29 is 19.0 Å². The van der Waals surface area contributed by atoms with Crippen LogP contribution in [0.5, 0.6) is 11.5 Å². The minimum absolute atomic E-state index is 0.121. The second kappa shape index (κ2) is 6.05. The lowest BCUT2D eigenvalue weighted by molar-refractivity contribution is 0.0520. The molecular weight excluding hydrogens is 262 g/mol. The number of carbonyl (C=O) groups is 1. The number of esters is 1. The van der Waals surface area contributed by atoms with Crippen molar-refractivity contribution in [3.63, 3.8) is 0 Å². The number of carbonyl (C=O) groups excluding carboxylic acids is 1. The quantitative estimate of drug-likeness (QED) is 0.836. The van der Waals surface area contributed by atoms with Crippen molar-refractivity contribution in [1.82, 2.24) is 15.4 Å². The molecule has 0 aliphatic rings. The number of aromatic amines is 1. The largest absolute Gasteiger partial charge is 0.497 e. The van der Waals surface area contributed by atoms with E-state index in [-0.39, 0.29) is 12.3 Å². The molecule has 2 rings (SSSR count). The Morgan fingerprint density at radius 2 is 2.05 bits per heavy atom. The van der Waals surface area contributed by atoms with Crippen molar-refractivity contribution in [2.45, 2.75) is 6.92 Å². The molecule has 0 saturated carbocycles. The van der Waals surface area contributed by atoms with Crippen LogP contribution in [0.3, 0.4) is 0 Å². The molecule has 0 radical (unpaired) electrons. The van der Waals surface area contributed by atoms with Gasteiger partial charge in [-0.2, -0.15) is 10.3 Å². The summed E-state index contributed by atoms with van der Waals surface area (Å²) in [5.74, 6) is 0.643. The number of hydrogen-bond donors (Lipinski definition) is 1. The molecule has 0 bridgehead atoms. The monoisotopic (exact) mass is 277 g/mol. The van der Waals surface area contributed by atoms with Gasteiger partial charge in [0.1, 0.15) is 17.2 Å². The molecule has 106 valence electrons. The fraction of sp³-hybridized carbons (Fsp3) is 0.308. The highest BCUT2D eigenvalue weighted by Gasteiger charge is 2.21. The van der Waals surface area contributed by atoms with Gasteiger partial charge in [0.25, 0.3) is 0 Å². The van der Waals surface area contributed by atoms with Crippen LogP contribution in [-0.2, 0) is 4.74 Å². The minimum Gasteiger partial charge on any atom is -0.497 e. The van der Waals surface area contributed by atoms with Gasteiger partial charge >= 0.3 is 5.97 Å². The van der Waals surface area contributed by atoms with Gasteiger partial charge in [-0.05, 0) is 19.1 Å². The van der Waals surface area contributed by atoms with Crippen LogP contribution in [0.2, 0.25) is 0 Å². The molecule has 1 N–H and O–H groups in total. The van der Waals surface area contributed by atoms with E-state index in [1.165, 1.54) is 7.11 Å². The number of rotatable bonds is 5. The first-order valence-corrected chi connectivity index (χ1v) is 6.01. The molecule has 0 amide bonds. The van der Waals surface area contributed by atoms with Gasteiger partial charge in [0, 0.05) is 11.6 Å². The third-order valence-electron chi connectivity index (χ3n) is 2.68. The van der Waals surface area contributed by atoms with E-state index in [1.54, 1.807) is 32.2 Å². The smallest absolute Gasteiger partial charge is 0.361 e. The lowest BCUT2D eigenvalue weighted by Crippen LogP contribution is -2.07. The van der Waals surface area contributed by atoms with E-state index < -0.39 is 5.97 Å². The molecule has 0 aliphatic heterocycles. The molecule has 7 heteroatoms. The zero-order valence-corrected chi connectivity index (χ0v) is 11.5. The van der Waals surface area contributed by atoms with Crippen molar-refractivity contribution in [3.8, 4) is 22.8 Å². The topological polar surface area (TPSA) is 86.3 Å². The summed E-state index contributed by atoms with van der Waals surface area (Å²) in [4.78, 5) is 11.8. The maximum atomic E-state index is 11.8. The van der Waals surface area contributed by atoms with E-state index in [1.807, 2.05) is 0 Å². The van der Waals surface area contributed by atoms with Crippen LogP contribution < -0.4 is 9.47 Å². The maximum absolute atomic E-state index is 11.8. The van der Waals surface area contributed by atoms with E-state index in [4.69, 9.17) is 14.2 Å². The first kappa shape index (κ1) is 13.9. The summed E-state index contributed by atoms with van der Waals surface area (Å²) in [5, 5.41) is 10.3. The fourth-order valence-electron chi connectivity index (χ4n) is 1.75. The molecule has 0 fully saturated rings. The molecular formula is C13H15N3O4. The molecule has 2 aromatic rings. The highest BCUT2D eigenvalue weighted by Crippen LogP contribution is 2.33. The number of H-pyrrole nitrogens is 1. The molecule has 0 spiro atoms. The number of benzene rings is 1. The fourth-order valence-corrected chi connectivity index (χ4v) is 1.75. The van der Waals surface area contributed by atoms with Crippen molar-refractivity contribution in [2.24, 2.45) is 0 Å². The summed E-state index contributed by atoms with van der Waals surface area (Å²) >= 11 is 0. The minimum atomic E-state index is -0.533. The Morgan fingerprint density at radius 1 is 1.25 bits per heavy atom. The van der Waals surface area contributed by atoms with Crippen LogP contribution in [0.15, 0.2) is 18.2 Å². The second-order valence-electron chi connectivity index (χ2n) is 3.81. The van der Waals surface area contributed by atoms with E-state index in [9.17, 15) is 4.79 Å². The van der Waals surface area contributed by atoms with Crippen LogP contribution in [0.25, 0.3) is 11.3 Å². The molecule has 0 unspecified atom stereocenters. The number of aromatic nitrogens is 3. The summed E-state index contributed by atoms with van der Waals surface area (Å²) in [5.41, 5.74) is 1.13. The highest BCUT2D eigenvalue weighted by molar-refractivity contribution is 5.94. The number of nitrogens with one attached hydrogen (secondary N) is 1. The van der Waals surface area contributed by atoms with Crippen LogP contribution in [0, 0.1) is 0 Å². The molecule has 0 aliphatic carbocycles. The zero-order chi connectivity index (χ0) is 14.5. The van der Waals surface area contributed by atoms with Gasteiger partial charge < -0.3 is 14.2 Å². The number of hydrogen-bond acceptors (Lipinski definition) is 6. The van der Waals surface area contributed by atoms with Gasteiger partial charge in [-0.25, -0.2) is 4.79 Å². The summed E-state index contributed by atoms with van der Waals surface area (Å²) in [6.45, 7) is 2.00. The first-order chi connectivity index (χ1) is 9.71. The first-order valence-electron chi connectivity index (χ1n) is 6.01. The van der Waals surface area contributed by atoms with Gasteiger partial charge in [-0.3, -0.25) is 0 Å². The van der Waals surface area contributed by atoms with Crippen LogP contribution in [-0.4, -0.2) is 42.2 Å². The lowest BCUT2D eigenvalue weighted by atomic mass is 10.1. The van der Waals surface area contributed by atoms with E-state index >= 15 is 0 Å². The zero-order valence-electron chi connectivity index (χ0n) is 11.5. The predicted octanol–water partition coefficient (Wildman–Crippen LogP) is 1.67. The van der Waals surface area contributed by atoms with Crippen LogP contribution in [0.1, 0.15) is 17.4 Å². The van der Waals surface area contributed by atoms with E-state index in [0.29, 0.717) is 22.8 Å². The number of methoxy groups -OCH3 is 2. The second-order valence-corrected chi connectivity index (χ2v) is 3.81. The van der Waals surface area contributed by atoms with Gasteiger partial charge in [0.05, 0.1) is 20.8 Å². The molecule has 1 heterocycles. The van der Waals surface area contributed by atoms with Crippen molar-refractivity contribution in [3.05, 3.63) is 23.9 Å². The Kier molecular flexibility index (Phi) is 4.19. The molecule has 1 aromatic heterocycles. The number of ether oxygens (including phenoxy) is 3. The Morgan fingerprint density at radius 3 is 2.70 bits per heavy atom. The summed E-state index contributed by atoms with van der Waals surface area (Å²) < 4.78 is 15.4. The Bertz CT molecular complexity index is 609. The molecule has 0 atom stereocenters. The molecule has 7 nitrogen and oxygen atoms in total. The Labute approximate surface area is 115 Å². The summed E-state index contributed by atoms with van der Waals surface area (Å²) in [6, 6.07) is 5.21. The van der Waals surface area contributed by atoms with Crippen molar-refractivity contribution in [2.75, 3.05) is 20.8 Å². The SMILES string of the molecule is CCOC(=O)c1n[nH]nc1-c1ccc(OC)cc1OC. The third kappa shape index (κ3) is 2.56. The summed E-state index contributed by atoms with van der Waals surface area (Å²) in [6.07, 6.45) is 0. The average Bonchev–Trinajstić information content (AvgIpc) is 2.96. The molecule has 1 aromatic carbocycles. The molecule has 0 saturated heterocycles. The maximum Gasteiger partial charge on any atom is 0.361 e. The summed E-state index contributed by atoms with van der Waals surface area (Å²) in [7, 11) is 3.09. The van der Waals surface area contributed by atoms with Gasteiger partial charge in [0.15, 0.2) is 5.69 Å². The van der Waals surface area contributed by atoms with Gasteiger partial charge in [-0.1, -0.05) is 0 Å². The van der Waals surface area contributed by atoms with Crippen molar-refractivity contribution >= 4 is 5.97 Å². The number of nitrogens with zero attached hydrogens (tertiary/aromatic N) is 2. The van der Waals surface area contributed by atoms with E-state index in [2.05, 4.69) is 15.4 Å². The van der Waals surface area contributed by atoms with E-state index in [0.717, 1.165) is 0 Å². The average molecular weight is 277 g/mol. The Hall–Kier alpha value is -2.57. The van der Waals surface area contributed by atoms with Gasteiger partial charge in [-0.15, -0.1) is 5.10 Å². The van der Waals surface area contributed by atoms with Gasteiger partial charge in [0.2, 0.25) is 0 Å². The molecule has 20 heavy (non-hydrogen) atoms. The van der Waals surface area contributed by atoms with Crippen LogP contribution in [0.4, 0.5) is 0 Å².